The van der Waals surface area contributed by atoms with Gasteiger partial charge in [-0.1, -0.05) is 29.3 Å². The highest BCUT2D eigenvalue weighted by molar-refractivity contribution is 7.46. The number of hydrogen-bond acceptors (Lipinski definition) is 7. The second kappa shape index (κ2) is 14.0. The molecule has 0 saturated heterocycles. The summed E-state index contributed by atoms with van der Waals surface area (Å²) >= 11 is 12.2. The lowest BCUT2D eigenvalue weighted by Crippen LogP contribution is -2.44. The predicted octanol–water partition coefficient (Wildman–Crippen LogP) is 5.29. The van der Waals surface area contributed by atoms with Gasteiger partial charge in [-0.25, -0.2) is 4.57 Å². The van der Waals surface area contributed by atoms with Crippen LogP contribution in [0.2, 0.25) is 10.0 Å². The molecule has 2 aromatic heterocycles. The van der Waals surface area contributed by atoms with Gasteiger partial charge in [0, 0.05) is 18.2 Å². The Morgan fingerprint density at radius 1 is 1.04 bits per heavy atom. The van der Waals surface area contributed by atoms with E-state index in [4.69, 9.17) is 32.5 Å². The fraction of sp³-hybridized carbons (Fsp3) is 0.300. The summed E-state index contributed by atoms with van der Waals surface area (Å²) < 4.78 is 66.8. The van der Waals surface area contributed by atoms with Gasteiger partial charge >= 0.3 is 14.0 Å². The third-order valence-electron chi connectivity index (χ3n) is 6.95. The van der Waals surface area contributed by atoms with E-state index in [0.29, 0.717) is 4.73 Å². The number of β-amino-alcohol motifs (C(OH)–C–C–N with tert-alkyl or cyclic N) is 1. The number of carbonyl (C=O) groups excluding carboxylic acids is 1. The first-order valence-electron chi connectivity index (χ1n) is 14.0. The van der Waals surface area contributed by atoms with Crippen LogP contribution in [-0.2, 0) is 17.3 Å². The van der Waals surface area contributed by atoms with Crippen LogP contribution >= 0.6 is 31.0 Å². The Labute approximate surface area is 282 Å². The molecule has 48 heavy (non-hydrogen) atoms. The average Bonchev–Trinajstić information content (AvgIpc) is 2.96. The van der Waals surface area contributed by atoms with Crippen molar-refractivity contribution in [2.24, 2.45) is 0 Å². The number of nitrogens with one attached hydrogen (secondary N) is 2. The van der Waals surface area contributed by atoms with Crippen LogP contribution < -0.4 is 29.2 Å². The molecule has 0 aliphatic rings. The van der Waals surface area contributed by atoms with Crippen molar-refractivity contribution in [3.8, 4) is 11.5 Å². The van der Waals surface area contributed by atoms with Gasteiger partial charge in [-0.05, 0) is 56.7 Å². The number of phosphoric acid groups is 1. The molecule has 0 bridgehead atoms. The molecule has 0 aliphatic carbocycles. The lowest BCUT2D eigenvalue weighted by Gasteiger charge is -2.23. The highest BCUT2D eigenvalue weighted by Crippen LogP contribution is 2.41. The van der Waals surface area contributed by atoms with Crippen molar-refractivity contribution in [1.29, 1.82) is 0 Å². The minimum absolute atomic E-state index is 0.0142. The topological polar surface area (TPSA) is 168 Å². The fourth-order valence-corrected chi connectivity index (χ4v) is 5.76. The monoisotopic (exact) mass is 733 g/mol. The Morgan fingerprint density at radius 3 is 2.25 bits per heavy atom. The summed E-state index contributed by atoms with van der Waals surface area (Å²) in [6.45, 7) is 4.96. The van der Waals surface area contributed by atoms with E-state index >= 15 is 0 Å². The van der Waals surface area contributed by atoms with Crippen molar-refractivity contribution in [2.45, 2.75) is 45.1 Å². The Bertz CT molecular complexity index is 1900. The molecular formula is C30H31Cl2F3N4O8P+. The highest BCUT2D eigenvalue weighted by Gasteiger charge is 2.43. The minimum atomic E-state index is -5.23. The number of hydrogen-bond donors (Lipinski definition) is 5. The van der Waals surface area contributed by atoms with Gasteiger partial charge in [-0.15, -0.1) is 0 Å². The summed E-state index contributed by atoms with van der Waals surface area (Å²) in [5.74, 6) is -1.40. The van der Waals surface area contributed by atoms with Crippen LogP contribution in [0.5, 0.6) is 11.5 Å². The lowest BCUT2D eigenvalue weighted by molar-refractivity contribution is -0.682. The first-order valence-corrected chi connectivity index (χ1v) is 16.3. The third kappa shape index (κ3) is 8.85. The molecular weight excluding hydrogens is 703 g/mol. The van der Waals surface area contributed by atoms with Crippen LogP contribution in [0.4, 0.5) is 18.9 Å². The number of amides is 1. The number of pyridine rings is 2. The van der Waals surface area contributed by atoms with Gasteiger partial charge in [0.05, 0.1) is 35.4 Å². The summed E-state index contributed by atoms with van der Waals surface area (Å²) in [4.78, 5) is 32.7. The largest absolute Gasteiger partial charge is 0.619 e. The highest BCUT2D eigenvalue weighted by atomic mass is 35.5. The number of aliphatic hydroxyl groups is 1. The molecule has 258 valence electrons. The SMILES string of the molecule is COc1ccc(C(=O)Nc2c(Cl)c[n+]([O-])cc2Cl)c2ccc(C(F)(F)F)[n+](Cc3ccc(C(O)CNC(C)(C)C)cc3OP(=O)(O)O)c12. The van der Waals surface area contributed by atoms with Gasteiger partial charge in [0.15, 0.2) is 12.3 Å². The molecule has 1 amide bonds. The quantitative estimate of drug-likeness (QED) is 0.0827. The minimum Gasteiger partial charge on any atom is -0.619 e. The van der Waals surface area contributed by atoms with Crippen molar-refractivity contribution in [2.75, 3.05) is 19.0 Å². The van der Waals surface area contributed by atoms with Crippen molar-refractivity contribution >= 4 is 53.5 Å². The van der Waals surface area contributed by atoms with Gasteiger partial charge in [-0.2, -0.15) is 22.5 Å². The molecule has 0 fully saturated rings. The second-order valence-corrected chi connectivity index (χ2v) is 13.6. The number of benzene rings is 2. The molecule has 2 heterocycles. The summed E-state index contributed by atoms with van der Waals surface area (Å²) in [5.41, 5.74) is -1.95. The summed E-state index contributed by atoms with van der Waals surface area (Å²) in [6.07, 6.45) is -4.22. The first kappa shape index (κ1) is 37.1. The number of ether oxygens (including phenoxy) is 1. The number of halogens is 5. The number of alkyl halides is 3. The van der Waals surface area contributed by atoms with E-state index in [0.717, 1.165) is 35.2 Å². The molecule has 0 aliphatic heterocycles. The van der Waals surface area contributed by atoms with Gasteiger partial charge in [-0.3, -0.25) is 14.6 Å². The van der Waals surface area contributed by atoms with E-state index < -0.39 is 44.0 Å². The van der Waals surface area contributed by atoms with Gasteiger partial charge in [0.2, 0.25) is 12.4 Å². The van der Waals surface area contributed by atoms with Gasteiger partial charge in [0.25, 0.3) is 17.1 Å². The smallest absolute Gasteiger partial charge is 0.524 e. The summed E-state index contributed by atoms with van der Waals surface area (Å²) in [5, 5.41) is 27.5. The zero-order chi connectivity index (χ0) is 35.8. The van der Waals surface area contributed by atoms with Crippen LogP contribution in [0.15, 0.2) is 54.9 Å². The number of aliphatic hydroxyl groups excluding tert-OH is 1. The van der Waals surface area contributed by atoms with Gasteiger partial charge in [0.1, 0.15) is 15.8 Å². The average molecular weight is 734 g/mol. The van der Waals surface area contributed by atoms with Crippen molar-refractivity contribution in [3.05, 3.63) is 92.5 Å². The Hall–Kier alpha value is -3.69. The summed E-state index contributed by atoms with van der Waals surface area (Å²) in [6, 6.07) is 8.18. The number of anilines is 1. The predicted molar refractivity (Wildman–Crippen MR) is 170 cm³/mol. The lowest BCUT2D eigenvalue weighted by atomic mass is 10.0. The maximum absolute atomic E-state index is 14.5. The first-order chi connectivity index (χ1) is 22.2. The third-order valence-corrected chi connectivity index (χ3v) is 7.96. The molecule has 0 saturated carbocycles. The van der Waals surface area contributed by atoms with E-state index in [1.807, 2.05) is 20.8 Å². The number of nitrogens with zero attached hydrogens (tertiary/aromatic N) is 2. The number of phosphoric ester groups is 1. The molecule has 4 aromatic rings. The summed E-state index contributed by atoms with van der Waals surface area (Å²) in [7, 11) is -4.02. The van der Waals surface area contributed by atoms with E-state index in [9.17, 15) is 42.6 Å². The molecule has 2 aromatic carbocycles. The zero-order valence-electron chi connectivity index (χ0n) is 25.8. The number of methoxy groups -OCH3 is 1. The van der Waals surface area contributed by atoms with E-state index in [1.54, 1.807) is 0 Å². The number of aromatic nitrogens is 2. The molecule has 1 atom stereocenters. The molecule has 4 rings (SSSR count). The molecule has 0 radical (unpaired) electrons. The number of rotatable bonds is 10. The molecule has 12 nitrogen and oxygen atoms in total. The maximum Gasteiger partial charge on any atom is 0.524 e. The van der Waals surface area contributed by atoms with Crippen molar-refractivity contribution in [3.63, 3.8) is 0 Å². The van der Waals surface area contributed by atoms with E-state index in [1.165, 1.54) is 31.4 Å². The Morgan fingerprint density at radius 2 is 1.69 bits per heavy atom. The standard InChI is InChI=1S/C30H30Cl2F3N4O8P/c1-29(2,3)36-12-22(40)16-5-6-17(24(11-16)47-48(43,44)45)13-39-25(30(33,34)35)10-8-18-19(7-9-23(46-4)27(18)39)28(41)37-26-20(31)14-38(42)15-21(26)32/h5-11,14-15,22,36,40H,12-13H2,1-4H3,(H2-,37,41,43,44,45)/p+1. The number of fused-ring (bicyclic) bond motifs is 1. The van der Waals surface area contributed by atoms with Crippen molar-refractivity contribution < 1.29 is 56.0 Å². The molecule has 18 heteroatoms. The molecule has 0 spiro atoms. The number of carbonyl (C=O) groups is 1. The fourth-order valence-electron chi connectivity index (χ4n) is 4.80. The second-order valence-electron chi connectivity index (χ2n) is 11.6. The van der Waals surface area contributed by atoms with Crippen LogP contribution in [-0.4, -0.2) is 40.0 Å². The van der Waals surface area contributed by atoms with E-state index in [-0.39, 0.29) is 61.2 Å². The maximum atomic E-state index is 14.5. The van der Waals surface area contributed by atoms with Crippen LogP contribution in [0.1, 0.15) is 54.1 Å². The van der Waals surface area contributed by atoms with Crippen LogP contribution in [0, 0.1) is 5.21 Å². The van der Waals surface area contributed by atoms with Gasteiger partial charge < -0.3 is 30.2 Å². The molecule has 5 N–H and O–H groups in total. The normalized spacial score (nSPS) is 13.0. The van der Waals surface area contributed by atoms with Crippen molar-refractivity contribution in [1.82, 2.24) is 5.32 Å². The van der Waals surface area contributed by atoms with Crippen LogP contribution in [0.3, 0.4) is 0 Å². The Balaban J connectivity index is 1.90. The Kier molecular flexibility index (Phi) is 10.9. The molecule has 1 unspecified atom stereocenters. The zero-order valence-corrected chi connectivity index (χ0v) is 28.2. The van der Waals surface area contributed by atoms with Crippen LogP contribution in [0.25, 0.3) is 10.9 Å². The van der Waals surface area contributed by atoms with E-state index in [2.05, 4.69) is 10.6 Å².